The maximum absolute atomic E-state index is 13.6. The summed E-state index contributed by atoms with van der Waals surface area (Å²) in [6.07, 6.45) is -3.02. The van der Waals surface area contributed by atoms with Crippen molar-refractivity contribution in [3.05, 3.63) is 68.1 Å². The van der Waals surface area contributed by atoms with Gasteiger partial charge in [0.2, 0.25) is 0 Å². The number of benzene rings is 1. The molecule has 7 N–H and O–H groups in total. The van der Waals surface area contributed by atoms with Crippen LogP contribution in [0.5, 0.6) is 0 Å². The zero-order valence-corrected chi connectivity index (χ0v) is 16.8. The summed E-state index contributed by atoms with van der Waals surface area (Å²) in [5.74, 6) is 5.26. The van der Waals surface area contributed by atoms with Crippen LogP contribution in [0.25, 0.3) is 0 Å². The SMILES string of the molecule is NC1=C(N(N)Cc2ccc(F)cc2C(N)C(F)(F)F)CCN(c2cn[nH]c(=O)c2Cl)C1. The number of rotatable bonds is 5. The Bertz CT molecular complexity index is 1060. The van der Waals surface area contributed by atoms with Crippen LogP contribution in [0.2, 0.25) is 5.02 Å². The van der Waals surface area contributed by atoms with Crippen molar-refractivity contribution < 1.29 is 17.6 Å². The highest BCUT2D eigenvalue weighted by Gasteiger charge is 2.39. The van der Waals surface area contributed by atoms with Crippen LogP contribution < -0.4 is 27.8 Å². The van der Waals surface area contributed by atoms with Crippen molar-refractivity contribution in [3.63, 3.8) is 0 Å². The molecule has 2 aromatic rings. The summed E-state index contributed by atoms with van der Waals surface area (Å²) in [6, 6.07) is 0.649. The van der Waals surface area contributed by atoms with E-state index in [4.69, 9.17) is 28.9 Å². The second-order valence-electron chi connectivity index (χ2n) is 7.03. The maximum Gasteiger partial charge on any atom is 0.407 e. The summed E-state index contributed by atoms with van der Waals surface area (Å²) in [4.78, 5) is 13.4. The number of halogens is 5. The highest BCUT2D eigenvalue weighted by atomic mass is 35.5. The number of anilines is 1. The highest BCUT2D eigenvalue weighted by Crippen LogP contribution is 2.34. The first kappa shape index (κ1) is 22.8. The van der Waals surface area contributed by atoms with Crippen molar-refractivity contribution in [1.29, 1.82) is 0 Å². The molecule has 13 heteroatoms. The first-order valence-corrected chi connectivity index (χ1v) is 9.45. The lowest BCUT2D eigenvalue weighted by Crippen LogP contribution is -2.42. The van der Waals surface area contributed by atoms with Gasteiger partial charge in [-0.1, -0.05) is 17.7 Å². The number of nitrogens with one attached hydrogen (secondary N) is 1. The number of hydrogen-bond donors (Lipinski definition) is 4. The molecule has 1 aliphatic rings. The van der Waals surface area contributed by atoms with E-state index in [9.17, 15) is 22.4 Å². The quantitative estimate of drug-likeness (QED) is 0.304. The van der Waals surface area contributed by atoms with E-state index in [1.165, 1.54) is 17.3 Å². The molecule has 1 atom stereocenters. The van der Waals surface area contributed by atoms with Gasteiger partial charge < -0.3 is 21.4 Å². The third-order valence-electron chi connectivity index (χ3n) is 4.95. The molecule has 0 saturated carbocycles. The van der Waals surface area contributed by atoms with Crippen LogP contribution in [0.1, 0.15) is 23.6 Å². The molecule has 2 heterocycles. The lowest BCUT2D eigenvalue weighted by atomic mass is 9.99. The number of nitrogens with zero attached hydrogens (tertiary/aromatic N) is 3. The van der Waals surface area contributed by atoms with Gasteiger partial charge in [0.15, 0.2) is 0 Å². The van der Waals surface area contributed by atoms with Crippen molar-refractivity contribution in [2.75, 3.05) is 18.0 Å². The van der Waals surface area contributed by atoms with Gasteiger partial charge in [0.1, 0.15) is 16.9 Å². The summed E-state index contributed by atoms with van der Waals surface area (Å²) in [7, 11) is 0. The van der Waals surface area contributed by atoms with E-state index in [1.807, 2.05) is 0 Å². The summed E-state index contributed by atoms with van der Waals surface area (Å²) >= 11 is 6.03. The van der Waals surface area contributed by atoms with E-state index in [-0.39, 0.29) is 23.7 Å². The lowest BCUT2D eigenvalue weighted by Gasteiger charge is -2.35. The Morgan fingerprint density at radius 3 is 2.71 bits per heavy atom. The van der Waals surface area contributed by atoms with E-state index >= 15 is 0 Å². The molecule has 0 spiro atoms. The molecule has 0 amide bonds. The minimum Gasteiger partial charge on any atom is -0.399 e. The van der Waals surface area contributed by atoms with Crippen LogP contribution in [0.3, 0.4) is 0 Å². The molecule has 0 bridgehead atoms. The number of H-pyrrole nitrogens is 1. The molecular formula is C18H20ClF4N7O. The zero-order valence-electron chi connectivity index (χ0n) is 16.1. The third kappa shape index (κ3) is 4.92. The Labute approximate surface area is 179 Å². The summed E-state index contributed by atoms with van der Waals surface area (Å²) in [5, 5.41) is 7.12. The predicted octanol–water partition coefficient (Wildman–Crippen LogP) is 1.88. The van der Waals surface area contributed by atoms with Crippen LogP contribution in [0.4, 0.5) is 23.2 Å². The van der Waals surface area contributed by atoms with E-state index in [2.05, 4.69) is 10.2 Å². The van der Waals surface area contributed by atoms with Gasteiger partial charge in [0, 0.05) is 18.7 Å². The summed E-state index contributed by atoms with van der Waals surface area (Å²) in [5.41, 5.74) is 11.9. The normalized spacial score (nSPS) is 15.9. The van der Waals surface area contributed by atoms with Gasteiger partial charge in [0.25, 0.3) is 5.56 Å². The van der Waals surface area contributed by atoms with Gasteiger partial charge >= 0.3 is 6.18 Å². The Kier molecular flexibility index (Phi) is 6.43. The molecule has 3 rings (SSSR count). The minimum absolute atomic E-state index is 0.0343. The Morgan fingerprint density at radius 1 is 1.35 bits per heavy atom. The molecule has 1 aromatic heterocycles. The van der Waals surface area contributed by atoms with Gasteiger partial charge in [-0.25, -0.2) is 15.3 Å². The van der Waals surface area contributed by atoms with Crippen LogP contribution in [-0.4, -0.2) is 34.5 Å². The molecular weight excluding hydrogens is 442 g/mol. The standard InChI is InChI=1S/C18H20ClF4N7O/c19-15-14(6-27-28-17(15)31)29-4-3-13(12(24)8-29)30(26)7-9-1-2-10(20)5-11(9)16(25)18(21,22)23/h1-2,5-6,16H,3-4,7-8,24-26H2,(H,28,31). The molecule has 0 fully saturated rings. The fourth-order valence-electron chi connectivity index (χ4n) is 3.36. The first-order chi connectivity index (χ1) is 14.5. The first-order valence-electron chi connectivity index (χ1n) is 9.07. The molecule has 168 valence electrons. The van der Waals surface area contributed by atoms with Crippen molar-refractivity contribution in [2.24, 2.45) is 17.3 Å². The molecule has 1 aromatic carbocycles. The summed E-state index contributed by atoms with van der Waals surface area (Å²) in [6.45, 7) is 0.391. The fourth-order valence-corrected chi connectivity index (χ4v) is 3.57. The predicted molar refractivity (Wildman–Crippen MR) is 107 cm³/mol. The number of aromatic amines is 1. The van der Waals surface area contributed by atoms with Crippen molar-refractivity contribution >= 4 is 17.3 Å². The molecule has 31 heavy (non-hydrogen) atoms. The number of alkyl halides is 3. The molecule has 1 unspecified atom stereocenters. The van der Waals surface area contributed by atoms with Crippen molar-refractivity contribution in [3.8, 4) is 0 Å². The monoisotopic (exact) mass is 461 g/mol. The topological polar surface area (TPSA) is 130 Å². The number of hydrazine groups is 1. The number of aromatic nitrogens is 2. The van der Waals surface area contributed by atoms with E-state index in [1.54, 1.807) is 4.90 Å². The van der Waals surface area contributed by atoms with Crippen LogP contribution >= 0.6 is 11.6 Å². The van der Waals surface area contributed by atoms with Crippen molar-refractivity contribution in [2.45, 2.75) is 25.2 Å². The Balaban J connectivity index is 1.82. The third-order valence-corrected chi connectivity index (χ3v) is 5.32. The van der Waals surface area contributed by atoms with Gasteiger partial charge in [0.05, 0.1) is 30.7 Å². The van der Waals surface area contributed by atoms with E-state index in [0.29, 0.717) is 30.0 Å². The Hall–Kier alpha value is -2.83. The van der Waals surface area contributed by atoms with Gasteiger partial charge in [-0.2, -0.15) is 18.3 Å². The second-order valence-corrected chi connectivity index (χ2v) is 7.41. The molecule has 0 aliphatic carbocycles. The van der Waals surface area contributed by atoms with Gasteiger partial charge in [-0.15, -0.1) is 0 Å². The second kappa shape index (κ2) is 8.73. The highest BCUT2D eigenvalue weighted by molar-refractivity contribution is 6.33. The summed E-state index contributed by atoms with van der Waals surface area (Å²) < 4.78 is 52.9. The van der Waals surface area contributed by atoms with Crippen LogP contribution in [0, 0.1) is 5.82 Å². The number of nitrogens with two attached hydrogens (primary N) is 3. The van der Waals surface area contributed by atoms with Gasteiger partial charge in [-0.05, 0) is 23.3 Å². The molecule has 8 nitrogen and oxygen atoms in total. The number of hydrogen-bond acceptors (Lipinski definition) is 7. The molecule has 0 saturated heterocycles. The smallest absolute Gasteiger partial charge is 0.399 e. The average molecular weight is 462 g/mol. The lowest BCUT2D eigenvalue weighted by molar-refractivity contribution is -0.149. The minimum atomic E-state index is -4.74. The zero-order chi connectivity index (χ0) is 22.9. The van der Waals surface area contributed by atoms with E-state index in [0.717, 1.165) is 12.1 Å². The van der Waals surface area contributed by atoms with Crippen molar-refractivity contribution in [1.82, 2.24) is 15.2 Å². The largest absolute Gasteiger partial charge is 0.407 e. The molecule has 1 aliphatic heterocycles. The fraction of sp³-hybridized carbons (Fsp3) is 0.333. The van der Waals surface area contributed by atoms with E-state index < -0.39 is 29.2 Å². The Morgan fingerprint density at radius 2 is 2.06 bits per heavy atom. The molecule has 0 radical (unpaired) electrons. The average Bonchev–Trinajstić information content (AvgIpc) is 2.70. The van der Waals surface area contributed by atoms with Crippen LogP contribution in [0.15, 0.2) is 40.6 Å². The van der Waals surface area contributed by atoms with Crippen LogP contribution in [-0.2, 0) is 6.54 Å². The van der Waals surface area contributed by atoms with Gasteiger partial charge in [-0.3, -0.25) is 4.79 Å². The maximum atomic E-state index is 13.6.